The Bertz CT molecular complexity index is 996. The number of fused-ring (bicyclic) bond motifs is 1. The van der Waals surface area contributed by atoms with Gasteiger partial charge in [-0.05, 0) is 43.3 Å². The summed E-state index contributed by atoms with van der Waals surface area (Å²) in [7, 11) is 0. The Morgan fingerprint density at radius 1 is 1.00 bits per heavy atom. The van der Waals surface area contributed by atoms with Crippen LogP contribution in [0.25, 0.3) is 10.9 Å². The van der Waals surface area contributed by atoms with Crippen LogP contribution in [0.3, 0.4) is 0 Å². The Morgan fingerprint density at radius 3 is 2.33 bits per heavy atom. The number of phenolic OH excluding ortho intramolecular Hbond substituents is 1. The van der Waals surface area contributed by atoms with Gasteiger partial charge in [0.25, 0.3) is 5.69 Å². The van der Waals surface area contributed by atoms with E-state index in [0.717, 1.165) is 54.2 Å². The SMILES string of the molecule is Cc1cc(N2CCN(c3ccc(O)cc3)CC2)c2cc([N+](=O)[O-])ccc2n1. The average molecular weight is 364 g/mol. The predicted molar refractivity (Wildman–Crippen MR) is 106 cm³/mol. The van der Waals surface area contributed by atoms with Crippen LogP contribution < -0.4 is 9.80 Å². The van der Waals surface area contributed by atoms with Crippen molar-refractivity contribution in [1.29, 1.82) is 0 Å². The Kier molecular flexibility index (Phi) is 4.27. The van der Waals surface area contributed by atoms with Gasteiger partial charge in [-0.15, -0.1) is 0 Å². The zero-order valence-corrected chi connectivity index (χ0v) is 15.0. The van der Waals surface area contributed by atoms with Gasteiger partial charge in [0.05, 0.1) is 10.4 Å². The van der Waals surface area contributed by atoms with E-state index in [1.807, 2.05) is 25.1 Å². The number of benzene rings is 2. The van der Waals surface area contributed by atoms with E-state index in [1.165, 1.54) is 6.07 Å². The highest BCUT2D eigenvalue weighted by Crippen LogP contribution is 2.31. The van der Waals surface area contributed by atoms with Crippen LogP contribution in [0.2, 0.25) is 0 Å². The summed E-state index contributed by atoms with van der Waals surface area (Å²) in [6.45, 7) is 5.23. The lowest BCUT2D eigenvalue weighted by atomic mass is 10.1. The first-order valence-corrected chi connectivity index (χ1v) is 8.86. The van der Waals surface area contributed by atoms with Crippen LogP contribution in [-0.4, -0.2) is 41.2 Å². The minimum atomic E-state index is -0.369. The van der Waals surface area contributed by atoms with Crippen LogP contribution in [0.4, 0.5) is 17.1 Å². The van der Waals surface area contributed by atoms with Crippen LogP contribution in [0.5, 0.6) is 5.75 Å². The van der Waals surface area contributed by atoms with Crippen molar-refractivity contribution in [1.82, 2.24) is 4.98 Å². The Morgan fingerprint density at radius 2 is 1.67 bits per heavy atom. The molecule has 0 spiro atoms. The molecule has 0 unspecified atom stereocenters. The fraction of sp³-hybridized carbons (Fsp3) is 0.250. The molecule has 138 valence electrons. The van der Waals surface area contributed by atoms with Crippen LogP contribution in [0.1, 0.15) is 5.69 Å². The highest BCUT2D eigenvalue weighted by atomic mass is 16.6. The molecule has 1 fully saturated rings. The number of anilines is 2. The Balaban J connectivity index is 1.62. The number of aryl methyl sites for hydroxylation is 1. The van der Waals surface area contributed by atoms with Crippen LogP contribution in [-0.2, 0) is 0 Å². The van der Waals surface area contributed by atoms with E-state index in [2.05, 4.69) is 14.8 Å². The molecule has 0 amide bonds. The van der Waals surface area contributed by atoms with Gasteiger partial charge in [-0.25, -0.2) is 0 Å². The summed E-state index contributed by atoms with van der Waals surface area (Å²) in [4.78, 5) is 19.9. The summed E-state index contributed by atoms with van der Waals surface area (Å²) in [5.41, 5.74) is 3.83. The van der Waals surface area contributed by atoms with E-state index in [9.17, 15) is 15.2 Å². The molecule has 3 aromatic rings. The molecule has 7 heteroatoms. The molecule has 1 aromatic heterocycles. The molecule has 1 saturated heterocycles. The van der Waals surface area contributed by atoms with Gasteiger partial charge < -0.3 is 14.9 Å². The monoisotopic (exact) mass is 364 g/mol. The van der Waals surface area contributed by atoms with Crippen molar-refractivity contribution in [2.45, 2.75) is 6.92 Å². The van der Waals surface area contributed by atoms with E-state index < -0.39 is 0 Å². The Labute approximate surface area is 156 Å². The number of nitrogens with zero attached hydrogens (tertiary/aromatic N) is 4. The molecule has 4 rings (SSSR count). The number of piperazine rings is 1. The molecule has 2 aromatic carbocycles. The number of hydrogen-bond acceptors (Lipinski definition) is 6. The molecule has 1 aliphatic heterocycles. The van der Waals surface area contributed by atoms with Crippen molar-refractivity contribution in [2.75, 3.05) is 36.0 Å². The van der Waals surface area contributed by atoms with E-state index in [1.54, 1.807) is 24.3 Å². The summed E-state index contributed by atoms with van der Waals surface area (Å²) in [6, 6.07) is 14.1. The summed E-state index contributed by atoms with van der Waals surface area (Å²) in [5.74, 6) is 0.262. The van der Waals surface area contributed by atoms with Crippen molar-refractivity contribution in [3.05, 3.63) is 64.3 Å². The zero-order valence-electron chi connectivity index (χ0n) is 15.0. The predicted octanol–water partition coefficient (Wildman–Crippen LogP) is 3.48. The smallest absolute Gasteiger partial charge is 0.270 e. The third kappa shape index (κ3) is 3.36. The minimum Gasteiger partial charge on any atom is -0.508 e. The third-order valence-electron chi connectivity index (χ3n) is 4.94. The second-order valence-corrected chi connectivity index (χ2v) is 6.73. The van der Waals surface area contributed by atoms with Crippen molar-refractivity contribution >= 4 is 28.0 Å². The average Bonchev–Trinajstić information content (AvgIpc) is 2.67. The van der Waals surface area contributed by atoms with Gasteiger partial charge in [-0.1, -0.05) is 0 Å². The highest BCUT2D eigenvalue weighted by molar-refractivity contribution is 5.93. The van der Waals surface area contributed by atoms with Gasteiger partial charge in [-0.2, -0.15) is 0 Å². The van der Waals surface area contributed by atoms with E-state index in [0.29, 0.717) is 0 Å². The topological polar surface area (TPSA) is 82.7 Å². The first-order valence-electron chi connectivity index (χ1n) is 8.86. The second-order valence-electron chi connectivity index (χ2n) is 6.73. The van der Waals surface area contributed by atoms with Crippen molar-refractivity contribution in [3.8, 4) is 5.75 Å². The molecule has 27 heavy (non-hydrogen) atoms. The molecule has 0 saturated carbocycles. The quantitative estimate of drug-likeness (QED) is 0.566. The lowest BCUT2D eigenvalue weighted by Gasteiger charge is -2.38. The number of pyridine rings is 1. The van der Waals surface area contributed by atoms with Crippen LogP contribution in [0.15, 0.2) is 48.5 Å². The molecule has 7 nitrogen and oxygen atoms in total. The van der Waals surface area contributed by atoms with Gasteiger partial charge in [0.15, 0.2) is 0 Å². The fourth-order valence-electron chi connectivity index (χ4n) is 3.57. The maximum atomic E-state index is 11.2. The summed E-state index contributed by atoms with van der Waals surface area (Å²) in [6.07, 6.45) is 0. The lowest BCUT2D eigenvalue weighted by molar-refractivity contribution is -0.384. The second kappa shape index (κ2) is 6.75. The van der Waals surface area contributed by atoms with Crippen molar-refractivity contribution in [2.24, 2.45) is 0 Å². The maximum Gasteiger partial charge on any atom is 0.270 e. The van der Waals surface area contributed by atoms with Gasteiger partial charge >= 0.3 is 0 Å². The molecule has 1 N–H and O–H groups in total. The molecular weight excluding hydrogens is 344 g/mol. The zero-order chi connectivity index (χ0) is 19.0. The Hall–Kier alpha value is -3.35. The number of non-ortho nitro benzene ring substituents is 1. The van der Waals surface area contributed by atoms with Gasteiger partial charge in [0.1, 0.15) is 5.75 Å². The van der Waals surface area contributed by atoms with Gasteiger partial charge in [0.2, 0.25) is 0 Å². The number of nitro groups is 1. The van der Waals surface area contributed by atoms with Gasteiger partial charge in [0, 0.05) is 60.8 Å². The largest absolute Gasteiger partial charge is 0.508 e. The molecule has 0 bridgehead atoms. The number of aromatic hydroxyl groups is 1. The van der Waals surface area contributed by atoms with Crippen LogP contribution >= 0.6 is 0 Å². The summed E-state index contributed by atoms with van der Waals surface area (Å²) < 4.78 is 0. The number of rotatable bonds is 3. The molecule has 1 aliphatic rings. The van der Waals surface area contributed by atoms with E-state index in [4.69, 9.17) is 0 Å². The third-order valence-corrected chi connectivity index (χ3v) is 4.94. The molecule has 0 radical (unpaired) electrons. The van der Waals surface area contributed by atoms with Crippen molar-refractivity contribution < 1.29 is 10.0 Å². The first-order chi connectivity index (χ1) is 13.0. The number of hydrogen-bond donors (Lipinski definition) is 1. The standard InChI is InChI=1S/C20H20N4O3/c1-14-12-20(18-13-16(24(26)27)4-7-19(18)21-14)23-10-8-22(9-11-23)15-2-5-17(25)6-3-15/h2-7,12-13,25H,8-11H2,1H3. The molecular formula is C20H20N4O3. The van der Waals surface area contributed by atoms with Crippen LogP contribution in [0, 0.1) is 17.0 Å². The summed E-state index contributed by atoms with van der Waals surface area (Å²) in [5, 5.41) is 21.4. The number of nitro benzene ring substituents is 1. The highest BCUT2D eigenvalue weighted by Gasteiger charge is 2.21. The van der Waals surface area contributed by atoms with E-state index in [-0.39, 0.29) is 16.4 Å². The number of aromatic nitrogens is 1. The van der Waals surface area contributed by atoms with Gasteiger partial charge in [-0.3, -0.25) is 15.1 Å². The number of phenols is 1. The fourth-order valence-corrected chi connectivity index (χ4v) is 3.57. The maximum absolute atomic E-state index is 11.2. The lowest BCUT2D eigenvalue weighted by Crippen LogP contribution is -2.46. The van der Waals surface area contributed by atoms with Crippen molar-refractivity contribution in [3.63, 3.8) is 0 Å². The van der Waals surface area contributed by atoms with E-state index >= 15 is 0 Å². The minimum absolute atomic E-state index is 0.0807. The first kappa shape index (κ1) is 17.1. The molecule has 0 aliphatic carbocycles. The molecule has 2 heterocycles. The summed E-state index contributed by atoms with van der Waals surface area (Å²) >= 11 is 0. The normalized spacial score (nSPS) is 14.6. The molecule has 0 atom stereocenters.